The van der Waals surface area contributed by atoms with Crippen molar-refractivity contribution in [2.24, 2.45) is 0 Å². The Balaban J connectivity index is 1.57. The van der Waals surface area contributed by atoms with E-state index in [-0.39, 0.29) is 10.7 Å². The predicted molar refractivity (Wildman–Crippen MR) is 75.4 cm³/mol. The number of rotatable bonds is 3. The third kappa shape index (κ3) is 2.49. The fraction of sp³-hybridized carbons (Fsp3) is 0.571. The van der Waals surface area contributed by atoms with Gasteiger partial charge in [-0.2, -0.15) is 0 Å². The van der Waals surface area contributed by atoms with Crippen molar-refractivity contribution < 1.29 is 9.53 Å². The van der Waals surface area contributed by atoms with Gasteiger partial charge in [0.15, 0.2) is 0 Å². The van der Waals surface area contributed by atoms with E-state index in [9.17, 15) is 4.79 Å². The van der Waals surface area contributed by atoms with Crippen molar-refractivity contribution in [2.45, 2.75) is 24.2 Å². The van der Waals surface area contributed by atoms with Gasteiger partial charge < -0.3 is 9.64 Å². The zero-order valence-electron chi connectivity index (χ0n) is 11.0. The number of carbonyl (C=O) groups is 1. The summed E-state index contributed by atoms with van der Waals surface area (Å²) >= 11 is 1.96. The highest BCUT2D eigenvalue weighted by atomic mass is 32.2. The van der Waals surface area contributed by atoms with Gasteiger partial charge in [-0.05, 0) is 25.5 Å². The highest BCUT2D eigenvalue weighted by Gasteiger charge is 2.50. The summed E-state index contributed by atoms with van der Waals surface area (Å²) in [4.78, 5) is 18.1. The van der Waals surface area contributed by atoms with Crippen molar-refractivity contribution in [1.29, 1.82) is 0 Å². The fourth-order valence-electron chi connectivity index (χ4n) is 2.84. The number of ether oxygens (including phenoxy) is 1. The molecule has 2 aliphatic heterocycles. The lowest BCUT2D eigenvalue weighted by Crippen LogP contribution is -2.60. The van der Waals surface area contributed by atoms with Crippen LogP contribution in [0.25, 0.3) is 0 Å². The molecule has 0 radical (unpaired) electrons. The first-order valence-corrected chi connectivity index (χ1v) is 7.66. The van der Waals surface area contributed by atoms with Gasteiger partial charge in [-0.25, -0.2) is 0 Å². The molecule has 0 aliphatic carbocycles. The van der Waals surface area contributed by atoms with Gasteiger partial charge in [0, 0.05) is 43.4 Å². The van der Waals surface area contributed by atoms with E-state index in [0.717, 1.165) is 37.4 Å². The Kier molecular flexibility index (Phi) is 3.50. The molecule has 2 aliphatic rings. The smallest absolute Gasteiger partial charge is 0.254 e. The van der Waals surface area contributed by atoms with Crippen molar-refractivity contribution in [3.05, 3.63) is 30.1 Å². The lowest BCUT2D eigenvalue weighted by Gasteiger charge is -2.47. The van der Waals surface area contributed by atoms with Gasteiger partial charge in [-0.1, -0.05) is 0 Å². The van der Waals surface area contributed by atoms with Crippen LogP contribution in [0.15, 0.2) is 24.5 Å². The Hall–Kier alpha value is -1.07. The monoisotopic (exact) mass is 278 g/mol. The Labute approximate surface area is 117 Å². The molecule has 0 bridgehead atoms. The molecule has 19 heavy (non-hydrogen) atoms. The van der Waals surface area contributed by atoms with Crippen molar-refractivity contribution in [3.63, 3.8) is 0 Å². The molecular weight excluding hydrogens is 260 g/mol. The van der Waals surface area contributed by atoms with E-state index < -0.39 is 0 Å². The second-order valence-electron chi connectivity index (χ2n) is 5.17. The average molecular weight is 278 g/mol. The number of carbonyl (C=O) groups excluding carboxylic acids is 1. The maximum atomic E-state index is 12.2. The third-order valence-electron chi connectivity index (χ3n) is 3.75. The SMILES string of the molecule is CCO[C@@H]1CSC2(C1)CN(C(=O)c1ccncc1)C2. The van der Waals surface area contributed by atoms with E-state index in [4.69, 9.17) is 4.74 Å². The predicted octanol–water partition coefficient (Wildman–Crippen LogP) is 1.82. The van der Waals surface area contributed by atoms with Crippen LogP contribution in [-0.2, 0) is 4.74 Å². The molecular formula is C14H18N2O2S. The minimum absolute atomic E-state index is 0.119. The molecule has 1 spiro atoms. The minimum Gasteiger partial charge on any atom is -0.378 e. The number of likely N-dealkylation sites (tertiary alicyclic amines) is 1. The molecule has 4 nitrogen and oxygen atoms in total. The van der Waals surface area contributed by atoms with Gasteiger partial charge in [-0.15, -0.1) is 11.8 Å². The summed E-state index contributed by atoms with van der Waals surface area (Å²) in [7, 11) is 0. The second kappa shape index (κ2) is 5.13. The van der Waals surface area contributed by atoms with Crippen LogP contribution in [0.3, 0.4) is 0 Å². The van der Waals surface area contributed by atoms with Gasteiger partial charge in [-0.3, -0.25) is 9.78 Å². The van der Waals surface area contributed by atoms with E-state index >= 15 is 0 Å². The summed E-state index contributed by atoms with van der Waals surface area (Å²) in [6.45, 7) is 4.52. The van der Waals surface area contributed by atoms with Crippen LogP contribution >= 0.6 is 11.8 Å². The highest BCUT2D eigenvalue weighted by molar-refractivity contribution is 8.01. The molecule has 2 saturated heterocycles. The van der Waals surface area contributed by atoms with Crippen LogP contribution in [0, 0.1) is 0 Å². The number of thioether (sulfide) groups is 1. The summed E-state index contributed by atoms with van der Waals surface area (Å²) in [5, 5.41) is 0. The summed E-state index contributed by atoms with van der Waals surface area (Å²) in [5.74, 6) is 1.18. The maximum Gasteiger partial charge on any atom is 0.254 e. The van der Waals surface area contributed by atoms with E-state index in [0.29, 0.717) is 6.10 Å². The van der Waals surface area contributed by atoms with Gasteiger partial charge in [0.2, 0.25) is 0 Å². The van der Waals surface area contributed by atoms with E-state index in [1.807, 2.05) is 23.6 Å². The minimum atomic E-state index is 0.119. The number of amides is 1. The van der Waals surface area contributed by atoms with E-state index in [2.05, 4.69) is 4.98 Å². The van der Waals surface area contributed by atoms with Crippen molar-refractivity contribution in [3.8, 4) is 0 Å². The topological polar surface area (TPSA) is 42.4 Å². The van der Waals surface area contributed by atoms with Gasteiger partial charge >= 0.3 is 0 Å². The molecule has 0 unspecified atom stereocenters. The number of aromatic nitrogens is 1. The van der Waals surface area contributed by atoms with Crippen LogP contribution in [-0.4, -0.2) is 52.1 Å². The molecule has 5 heteroatoms. The molecule has 1 aromatic heterocycles. The molecule has 1 aromatic rings. The number of hydrogen-bond acceptors (Lipinski definition) is 4. The lowest BCUT2D eigenvalue weighted by atomic mass is 9.92. The molecule has 2 fully saturated rings. The Morgan fingerprint density at radius 1 is 1.53 bits per heavy atom. The molecule has 0 aromatic carbocycles. The number of hydrogen-bond donors (Lipinski definition) is 0. The largest absolute Gasteiger partial charge is 0.378 e. The first-order valence-electron chi connectivity index (χ1n) is 6.67. The third-order valence-corrected chi connectivity index (χ3v) is 5.33. The quantitative estimate of drug-likeness (QED) is 0.846. The van der Waals surface area contributed by atoms with Crippen LogP contribution in [0.2, 0.25) is 0 Å². The maximum absolute atomic E-state index is 12.2. The second-order valence-corrected chi connectivity index (χ2v) is 6.66. The molecule has 0 saturated carbocycles. The zero-order valence-corrected chi connectivity index (χ0v) is 11.9. The number of pyridine rings is 1. The Morgan fingerprint density at radius 2 is 2.26 bits per heavy atom. The van der Waals surface area contributed by atoms with Crippen LogP contribution in [0.1, 0.15) is 23.7 Å². The van der Waals surface area contributed by atoms with Crippen molar-refractivity contribution in [1.82, 2.24) is 9.88 Å². The van der Waals surface area contributed by atoms with Crippen LogP contribution in [0.5, 0.6) is 0 Å². The molecule has 102 valence electrons. The number of nitrogens with zero attached hydrogens (tertiary/aromatic N) is 2. The highest BCUT2D eigenvalue weighted by Crippen LogP contribution is 2.46. The molecule has 3 heterocycles. The first-order chi connectivity index (χ1) is 9.22. The Bertz CT molecular complexity index is 460. The lowest BCUT2D eigenvalue weighted by molar-refractivity contribution is 0.0359. The average Bonchev–Trinajstić information content (AvgIpc) is 2.82. The first kappa shape index (κ1) is 12.9. The normalized spacial score (nSPS) is 24.5. The fourth-order valence-corrected chi connectivity index (χ4v) is 4.39. The molecule has 0 N–H and O–H groups in total. The zero-order chi connectivity index (χ0) is 13.3. The van der Waals surface area contributed by atoms with Crippen molar-refractivity contribution in [2.75, 3.05) is 25.4 Å². The van der Waals surface area contributed by atoms with E-state index in [1.165, 1.54) is 0 Å². The summed E-state index contributed by atoms with van der Waals surface area (Å²) in [6, 6.07) is 3.55. The van der Waals surface area contributed by atoms with Gasteiger partial charge in [0.05, 0.1) is 10.9 Å². The Morgan fingerprint density at radius 3 is 2.95 bits per heavy atom. The van der Waals surface area contributed by atoms with Gasteiger partial charge in [0.1, 0.15) is 0 Å². The standard InChI is InChI=1S/C14H18N2O2S/c1-2-18-12-7-14(19-8-12)9-16(10-14)13(17)11-3-5-15-6-4-11/h3-6,12H,2,7-10H2,1H3/t12-/m0/s1. The molecule has 1 atom stereocenters. The van der Waals surface area contributed by atoms with Crippen LogP contribution < -0.4 is 0 Å². The summed E-state index contributed by atoms with van der Waals surface area (Å²) < 4.78 is 5.93. The molecule has 1 amide bonds. The summed E-state index contributed by atoms with van der Waals surface area (Å²) in [6.07, 6.45) is 4.77. The van der Waals surface area contributed by atoms with Crippen molar-refractivity contribution >= 4 is 17.7 Å². The molecule has 3 rings (SSSR count). The van der Waals surface area contributed by atoms with Crippen LogP contribution in [0.4, 0.5) is 0 Å². The summed E-state index contributed by atoms with van der Waals surface area (Å²) in [5.41, 5.74) is 0.731. The van der Waals surface area contributed by atoms with E-state index in [1.54, 1.807) is 24.5 Å². The van der Waals surface area contributed by atoms with Gasteiger partial charge in [0.25, 0.3) is 5.91 Å².